The summed E-state index contributed by atoms with van der Waals surface area (Å²) in [5, 5.41) is 0. The van der Waals surface area contributed by atoms with E-state index in [1.165, 1.54) is 0 Å². The molecule has 0 rings (SSSR count). The summed E-state index contributed by atoms with van der Waals surface area (Å²) in [6, 6.07) is 0. The van der Waals surface area contributed by atoms with E-state index in [0.717, 1.165) is 0 Å². The van der Waals surface area contributed by atoms with Gasteiger partial charge in [-0.1, -0.05) is 0 Å². The minimum absolute atomic E-state index is 0. The fraction of sp³-hybridized carbons (Fsp3) is 0. The Labute approximate surface area is 71.4 Å². The molecule has 0 heterocycles. The van der Waals surface area contributed by atoms with E-state index in [1.807, 2.05) is 0 Å². The van der Waals surface area contributed by atoms with Crippen LogP contribution in [0.15, 0.2) is 0 Å². The second-order valence-electron chi connectivity index (χ2n) is 0.0816. The summed E-state index contributed by atoms with van der Waals surface area (Å²) in [6.45, 7) is 0. The zero-order chi connectivity index (χ0) is 2.71. The molecule has 0 atom stereocenters. The van der Waals surface area contributed by atoms with E-state index in [-0.39, 0.29) is 54.4 Å². The van der Waals surface area contributed by atoms with Crippen molar-refractivity contribution in [3.63, 3.8) is 0 Å². The Morgan fingerprint density at radius 2 is 1.60 bits per heavy atom. The second kappa shape index (κ2) is 17.6. The van der Waals surface area contributed by atoms with Crippen molar-refractivity contribution >= 4 is 57.6 Å². The first-order chi connectivity index (χ1) is 1.41. The molecule has 0 amide bonds. The molecular weight excluding hydrogens is 216 g/mol. The third-order valence-corrected chi connectivity index (χ3v) is 0. The van der Waals surface area contributed by atoms with Gasteiger partial charge in [-0.25, -0.2) is 4.57 Å². The number of hydrogen-bond acceptors (Lipinski definition) is 1. The van der Waals surface area contributed by atoms with Crippen molar-refractivity contribution in [3.05, 3.63) is 0 Å². The van der Waals surface area contributed by atoms with E-state index in [4.69, 9.17) is 9.46 Å². The zero-order valence-corrected chi connectivity index (χ0v) is 2.70. The van der Waals surface area contributed by atoms with Crippen molar-refractivity contribution in [1.29, 1.82) is 0 Å². The van der Waals surface area contributed by atoms with Crippen molar-refractivity contribution in [3.8, 4) is 0 Å². The maximum atomic E-state index is 8.46. The van der Waals surface area contributed by atoms with E-state index >= 15 is 0 Å². The predicted octanol–water partition coefficient (Wildman–Crippen LogP) is -1.56. The molecule has 0 fully saturated rings. The molecule has 0 saturated heterocycles. The Balaban J connectivity index is -0.0000000200. The van der Waals surface area contributed by atoms with E-state index in [2.05, 4.69) is 0 Å². The molecule has 0 unspecified atom stereocenters. The van der Waals surface area contributed by atoms with Crippen LogP contribution in [0.2, 0.25) is 0 Å². The summed E-state index contributed by atoms with van der Waals surface area (Å²) in [5.41, 5.74) is 0. The average Bonchev–Trinajstić information content (AvgIpc) is 0.918. The van der Waals surface area contributed by atoms with Gasteiger partial charge in [0, 0.05) is 0 Å². The van der Waals surface area contributed by atoms with Crippen LogP contribution in [0.5, 0.6) is 0 Å². The van der Waals surface area contributed by atoms with Gasteiger partial charge in [-0.3, -0.25) is 0 Å². The SMILES string of the molecule is O.O=PO.[BaH2]. The molecule has 0 aromatic rings. The van der Waals surface area contributed by atoms with E-state index in [9.17, 15) is 0 Å². The third kappa shape index (κ3) is 28.5. The molecule has 5 heteroatoms. The first-order valence-electron chi connectivity index (χ1n) is 0.383. The summed E-state index contributed by atoms with van der Waals surface area (Å²) in [5.74, 6) is 0. The fourth-order valence-corrected chi connectivity index (χ4v) is 0. The fourth-order valence-electron chi connectivity index (χ4n) is 0. The summed E-state index contributed by atoms with van der Waals surface area (Å²) >= 11 is 0. The third-order valence-electron chi connectivity index (χ3n) is 0. The van der Waals surface area contributed by atoms with Crippen molar-refractivity contribution in [2.75, 3.05) is 0 Å². The Bertz CT molecular complexity index is 14.4. The molecule has 0 aliphatic rings. The maximum absolute atomic E-state index is 8.46. The van der Waals surface area contributed by atoms with Gasteiger partial charge in [0.2, 0.25) is 0 Å². The van der Waals surface area contributed by atoms with Gasteiger partial charge >= 0.3 is 57.6 Å². The van der Waals surface area contributed by atoms with Crippen LogP contribution in [-0.2, 0) is 4.57 Å². The van der Waals surface area contributed by atoms with E-state index < -0.39 is 8.69 Å². The van der Waals surface area contributed by atoms with Crippen LogP contribution < -0.4 is 0 Å². The van der Waals surface area contributed by atoms with E-state index in [0.29, 0.717) is 0 Å². The molecule has 0 radical (unpaired) electrons. The van der Waals surface area contributed by atoms with Crippen molar-refractivity contribution in [1.82, 2.24) is 0 Å². The van der Waals surface area contributed by atoms with Crippen molar-refractivity contribution in [2.24, 2.45) is 0 Å². The Morgan fingerprint density at radius 1 is 1.60 bits per heavy atom. The van der Waals surface area contributed by atoms with Gasteiger partial charge in [-0.15, -0.1) is 0 Å². The topological polar surface area (TPSA) is 68.8 Å². The second-order valence-corrected chi connectivity index (χ2v) is 0.245. The van der Waals surface area contributed by atoms with Crippen molar-refractivity contribution < 1.29 is 14.9 Å². The van der Waals surface area contributed by atoms with Crippen LogP contribution in [0.25, 0.3) is 0 Å². The van der Waals surface area contributed by atoms with Crippen LogP contribution in [-0.4, -0.2) is 59.3 Å². The molecule has 0 bridgehead atoms. The number of rotatable bonds is 0. The van der Waals surface area contributed by atoms with Gasteiger partial charge in [0.05, 0.1) is 0 Å². The minimum atomic E-state index is -0.833. The molecular formula is H5BaO3P. The van der Waals surface area contributed by atoms with Gasteiger partial charge < -0.3 is 10.4 Å². The quantitative estimate of drug-likeness (QED) is 0.397. The molecule has 5 heavy (non-hydrogen) atoms. The number of hydrogen-bond donors (Lipinski definition) is 1. The van der Waals surface area contributed by atoms with Crippen LogP contribution in [0, 0.1) is 0 Å². The van der Waals surface area contributed by atoms with Gasteiger partial charge in [-0.05, 0) is 0 Å². The summed E-state index contributed by atoms with van der Waals surface area (Å²) in [4.78, 5) is 6.99. The van der Waals surface area contributed by atoms with Gasteiger partial charge in [-0.2, -0.15) is 0 Å². The monoisotopic (exact) mass is 222 g/mol. The molecule has 0 spiro atoms. The summed E-state index contributed by atoms with van der Waals surface area (Å²) in [6.07, 6.45) is 0. The molecule has 30 valence electrons. The summed E-state index contributed by atoms with van der Waals surface area (Å²) in [7, 11) is -0.833. The van der Waals surface area contributed by atoms with Crippen LogP contribution in [0.3, 0.4) is 0 Å². The van der Waals surface area contributed by atoms with Crippen LogP contribution in [0.1, 0.15) is 0 Å². The molecule has 0 aliphatic heterocycles. The molecule has 3 N–H and O–H groups in total. The average molecular weight is 221 g/mol. The molecule has 0 aromatic carbocycles. The Kier molecular flexibility index (Phi) is 56.1. The molecule has 0 aromatic heterocycles. The summed E-state index contributed by atoms with van der Waals surface area (Å²) < 4.78 is 8.46. The molecule has 0 saturated carbocycles. The standard InChI is InChI=1S/Ba.HO2P.H2O.2H/c;1-3-2;;;/h;(H,1,2);1H2;;. The normalized spacial score (nSPS) is 4.20. The predicted molar refractivity (Wildman–Crippen MR) is 22.0 cm³/mol. The molecule has 3 nitrogen and oxygen atoms in total. The van der Waals surface area contributed by atoms with Gasteiger partial charge in [0.1, 0.15) is 0 Å². The Morgan fingerprint density at radius 3 is 1.60 bits per heavy atom. The van der Waals surface area contributed by atoms with E-state index in [1.54, 1.807) is 0 Å². The first kappa shape index (κ1) is 16.0. The van der Waals surface area contributed by atoms with Crippen molar-refractivity contribution in [2.45, 2.75) is 0 Å². The van der Waals surface area contributed by atoms with Crippen LogP contribution >= 0.6 is 8.69 Å². The molecule has 0 aliphatic carbocycles. The van der Waals surface area contributed by atoms with Gasteiger partial charge in [0.15, 0.2) is 0 Å². The van der Waals surface area contributed by atoms with Crippen LogP contribution in [0.4, 0.5) is 0 Å². The van der Waals surface area contributed by atoms with Gasteiger partial charge in [0.25, 0.3) is 0 Å². The first-order valence-corrected chi connectivity index (χ1v) is 1.15. The Hall–Kier alpha value is 1.59. The zero-order valence-electron chi connectivity index (χ0n) is 1.80.